The molecule has 4 aliphatic heterocycles. The van der Waals surface area contributed by atoms with Gasteiger partial charge in [-0.15, -0.1) is 0 Å². The van der Waals surface area contributed by atoms with E-state index in [-0.39, 0.29) is 11.8 Å². The standard InChI is InChI=1S/C26H18N2O2/c29-25(19-7-3-1-4-8-19)27-21-11-15-23(16-12-21)28(24-17-13-22(27)14-18-24)26(30)20-9-5-2-6-10-20/h1-18H. The quantitative estimate of drug-likeness (QED) is 0.424. The summed E-state index contributed by atoms with van der Waals surface area (Å²) in [6, 6.07) is 33.4. The predicted octanol–water partition coefficient (Wildman–Crippen LogP) is 5.96. The molecule has 0 fully saturated rings. The van der Waals surface area contributed by atoms with Crippen LogP contribution >= 0.6 is 0 Å². The molecule has 30 heavy (non-hydrogen) atoms. The number of carbonyl (C=O) groups is 2. The van der Waals surface area contributed by atoms with Crippen LogP contribution in [0.3, 0.4) is 0 Å². The average Bonchev–Trinajstić information content (AvgIpc) is 2.83. The molecule has 0 saturated carbocycles. The zero-order valence-electron chi connectivity index (χ0n) is 16.1. The molecule has 4 bridgehead atoms. The number of benzene rings is 4. The second-order valence-corrected chi connectivity index (χ2v) is 7.05. The van der Waals surface area contributed by atoms with Gasteiger partial charge in [0.15, 0.2) is 0 Å². The number of hydrogen-bond donors (Lipinski definition) is 0. The van der Waals surface area contributed by atoms with Gasteiger partial charge in [-0.25, -0.2) is 0 Å². The van der Waals surface area contributed by atoms with E-state index in [0.717, 1.165) is 22.7 Å². The van der Waals surface area contributed by atoms with Gasteiger partial charge in [-0.3, -0.25) is 19.4 Å². The van der Waals surface area contributed by atoms with Crippen LogP contribution in [0.25, 0.3) is 0 Å². The van der Waals surface area contributed by atoms with Crippen molar-refractivity contribution in [3.05, 3.63) is 120 Å². The fraction of sp³-hybridized carbons (Fsp3) is 0. The minimum absolute atomic E-state index is 0.103. The van der Waals surface area contributed by atoms with Crippen molar-refractivity contribution in [1.82, 2.24) is 0 Å². The van der Waals surface area contributed by atoms with Gasteiger partial charge in [0.25, 0.3) is 11.8 Å². The lowest BCUT2D eigenvalue weighted by Crippen LogP contribution is -2.29. The third-order valence-corrected chi connectivity index (χ3v) is 5.18. The topological polar surface area (TPSA) is 40.6 Å². The number of nitrogens with zero attached hydrogens (tertiary/aromatic N) is 2. The molecular formula is C26H18N2O2. The smallest absolute Gasteiger partial charge is 0.262 e. The Hall–Kier alpha value is -4.18. The zero-order valence-corrected chi connectivity index (χ0v) is 16.1. The first-order valence-corrected chi connectivity index (χ1v) is 9.71. The maximum Gasteiger partial charge on any atom is 0.262 e. The second kappa shape index (κ2) is 7.33. The summed E-state index contributed by atoms with van der Waals surface area (Å²) in [5.74, 6) is -0.206. The Kier molecular flexibility index (Phi) is 4.37. The Bertz CT molecular complexity index is 1060. The van der Waals surface area contributed by atoms with Gasteiger partial charge in [0.2, 0.25) is 0 Å². The van der Waals surface area contributed by atoms with Crippen molar-refractivity contribution in [1.29, 1.82) is 0 Å². The van der Waals surface area contributed by atoms with Gasteiger partial charge in [0.1, 0.15) is 0 Å². The average molecular weight is 390 g/mol. The Morgan fingerprint density at radius 3 is 0.933 bits per heavy atom. The summed E-state index contributed by atoms with van der Waals surface area (Å²) < 4.78 is 0. The first-order valence-electron chi connectivity index (χ1n) is 9.71. The van der Waals surface area contributed by atoms with Crippen LogP contribution < -0.4 is 9.80 Å². The molecule has 0 atom stereocenters. The van der Waals surface area contributed by atoms with Crippen LogP contribution in [0.4, 0.5) is 22.7 Å². The van der Waals surface area contributed by atoms with Gasteiger partial charge in [-0.05, 0) is 72.8 Å². The van der Waals surface area contributed by atoms with Gasteiger partial charge in [-0.2, -0.15) is 0 Å². The third-order valence-electron chi connectivity index (χ3n) is 5.18. The van der Waals surface area contributed by atoms with E-state index in [2.05, 4.69) is 0 Å². The van der Waals surface area contributed by atoms with Crippen LogP contribution in [-0.4, -0.2) is 11.8 Å². The molecule has 8 rings (SSSR count). The van der Waals surface area contributed by atoms with Crippen molar-refractivity contribution in [2.75, 3.05) is 9.80 Å². The van der Waals surface area contributed by atoms with Crippen LogP contribution in [0, 0.1) is 0 Å². The van der Waals surface area contributed by atoms with E-state index in [9.17, 15) is 9.59 Å². The Balaban J connectivity index is 1.61. The summed E-state index contributed by atoms with van der Waals surface area (Å²) in [7, 11) is 0. The molecule has 0 N–H and O–H groups in total. The van der Waals surface area contributed by atoms with Crippen molar-refractivity contribution in [2.24, 2.45) is 0 Å². The highest BCUT2D eigenvalue weighted by Crippen LogP contribution is 2.36. The van der Waals surface area contributed by atoms with Gasteiger partial charge < -0.3 is 0 Å². The molecule has 4 aliphatic rings. The summed E-state index contributed by atoms with van der Waals surface area (Å²) in [6.45, 7) is 0. The van der Waals surface area contributed by atoms with E-state index < -0.39 is 0 Å². The molecular weight excluding hydrogens is 372 g/mol. The fourth-order valence-electron chi connectivity index (χ4n) is 3.69. The molecule has 4 aromatic rings. The van der Waals surface area contributed by atoms with Gasteiger partial charge in [-0.1, -0.05) is 36.4 Å². The monoisotopic (exact) mass is 390 g/mol. The fourth-order valence-corrected chi connectivity index (χ4v) is 3.69. The Morgan fingerprint density at radius 2 is 0.667 bits per heavy atom. The second-order valence-electron chi connectivity index (χ2n) is 7.05. The van der Waals surface area contributed by atoms with Crippen LogP contribution in [0.1, 0.15) is 20.7 Å². The minimum Gasteiger partial charge on any atom is -0.277 e. The molecule has 0 aromatic heterocycles. The van der Waals surface area contributed by atoms with Crippen molar-refractivity contribution in [3.8, 4) is 0 Å². The molecule has 0 saturated heterocycles. The first kappa shape index (κ1) is 17.9. The predicted molar refractivity (Wildman–Crippen MR) is 119 cm³/mol. The minimum atomic E-state index is -0.103. The lowest BCUT2D eigenvalue weighted by Gasteiger charge is -2.29. The first-order chi connectivity index (χ1) is 14.7. The normalized spacial score (nSPS) is 12.1. The molecule has 4 nitrogen and oxygen atoms in total. The number of amides is 2. The molecule has 4 heteroatoms. The summed E-state index contributed by atoms with van der Waals surface area (Å²) in [5, 5.41) is 0. The van der Waals surface area contributed by atoms with E-state index in [4.69, 9.17) is 0 Å². The number of anilines is 4. The van der Waals surface area contributed by atoms with Crippen LogP contribution in [0.5, 0.6) is 0 Å². The maximum absolute atomic E-state index is 13.3. The highest BCUT2D eigenvalue weighted by Gasteiger charge is 2.25. The van der Waals surface area contributed by atoms with Crippen molar-refractivity contribution in [2.45, 2.75) is 0 Å². The molecule has 0 spiro atoms. The highest BCUT2D eigenvalue weighted by molar-refractivity contribution is 6.13. The molecule has 2 amide bonds. The van der Waals surface area contributed by atoms with Crippen LogP contribution in [0.15, 0.2) is 109 Å². The van der Waals surface area contributed by atoms with E-state index in [1.165, 1.54) is 0 Å². The molecule has 0 unspecified atom stereocenters. The van der Waals surface area contributed by atoms with E-state index >= 15 is 0 Å². The lowest BCUT2D eigenvalue weighted by atomic mass is 10.1. The summed E-state index contributed by atoms with van der Waals surface area (Å²) >= 11 is 0. The summed E-state index contributed by atoms with van der Waals surface area (Å²) in [4.78, 5) is 29.9. The highest BCUT2D eigenvalue weighted by atomic mass is 16.2. The van der Waals surface area contributed by atoms with Crippen LogP contribution in [-0.2, 0) is 0 Å². The summed E-state index contributed by atoms with van der Waals surface area (Å²) in [5.41, 5.74) is 4.21. The zero-order chi connectivity index (χ0) is 20.5. The van der Waals surface area contributed by atoms with E-state index in [1.54, 1.807) is 9.80 Å². The van der Waals surface area contributed by atoms with Crippen molar-refractivity contribution in [3.63, 3.8) is 0 Å². The maximum atomic E-state index is 13.3. The lowest BCUT2D eigenvalue weighted by molar-refractivity contribution is 0.0990. The van der Waals surface area contributed by atoms with E-state index in [1.807, 2.05) is 109 Å². The SMILES string of the molecule is O=C(c1ccccc1)N1c2ccc(cc2)N(C(=O)c2ccccc2)c2ccc1cc2. The van der Waals surface area contributed by atoms with Crippen molar-refractivity contribution < 1.29 is 9.59 Å². The molecule has 4 aromatic carbocycles. The Labute approximate surface area is 174 Å². The Morgan fingerprint density at radius 1 is 0.400 bits per heavy atom. The number of hydrogen-bond acceptors (Lipinski definition) is 2. The molecule has 0 radical (unpaired) electrons. The van der Waals surface area contributed by atoms with Gasteiger partial charge in [0.05, 0.1) is 0 Å². The van der Waals surface area contributed by atoms with Crippen molar-refractivity contribution >= 4 is 34.6 Å². The van der Waals surface area contributed by atoms with Gasteiger partial charge in [0, 0.05) is 33.9 Å². The number of carbonyl (C=O) groups excluding carboxylic acids is 2. The number of rotatable bonds is 2. The summed E-state index contributed by atoms with van der Waals surface area (Å²) in [6.07, 6.45) is 0. The van der Waals surface area contributed by atoms with Crippen LogP contribution in [0.2, 0.25) is 0 Å². The molecule has 0 aliphatic carbocycles. The van der Waals surface area contributed by atoms with E-state index in [0.29, 0.717) is 11.1 Å². The molecule has 144 valence electrons. The third kappa shape index (κ3) is 3.05. The van der Waals surface area contributed by atoms with Gasteiger partial charge >= 0.3 is 0 Å². The largest absolute Gasteiger partial charge is 0.277 e. The molecule has 4 heterocycles.